The van der Waals surface area contributed by atoms with Crippen LogP contribution in [0.5, 0.6) is 0 Å². The van der Waals surface area contributed by atoms with Crippen LogP contribution in [0.3, 0.4) is 0 Å². The number of aliphatic hydroxyl groups excluding tert-OH is 1. The van der Waals surface area contributed by atoms with Crippen LogP contribution in [0.15, 0.2) is 6.07 Å². The van der Waals surface area contributed by atoms with Crippen molar-refractivity contribution in [1.82, 2.24) is 9.47 Å². The van der Waals surface area contributed by atoms with Gasteiger partial charge in [0.1, 0.15) is 0 Å². The summed E-state index contributed by atoms with van der Waals surface area (Å²) in [6.45, 7) is 5.45. The molecule has 2 unspecified atom stereocenters. The fourth-order valence-electron chi connectivity index (χ4n) is 3.13. The van der Waals surface area contributed by atoms with E-state index in [0.29, 0.717) is 6.04 Å². The second kappa shape index (κ2) is 4.83. The maximum absolute atomic E-state index is 10.0. The molecular formula is C14H24N2O. The second-order valence-corrected chi connectivity index (χ2v) is 5.58. The van der Waals surface area contributed by atoms with E-state index < -0.39 is 0 Å². The van der Waals surface area contributed by atoms with Gasteiger partial charge in [-0.2, -0.15) is 0 Å². The van der Waals surface area contributed by atoms with Crippen molar-refractivity contribution < 1.29 is 5.11 Å². The zero-order chi connectivity index (χ0) is 12.6. The van der Waals surface area contributed by atoms with Crippen molar-refractivity contribution in [2.45, 2.75) is 45.3 Å². The third kappa shape index (κ3) is 2.40. The van der Waals surface area contributed by atoms with Gasteiger partial charge in [0.05, 0.1) is 6.10 Å². The van der Waals surface area contributed by atoms with E-state index in [4.69, 9.17) is 0 Å². The molecule has 2 rings (SSSR count). The summed E-state index contributed by atoms with van der Waals surface area (Å²) in [5, 5.41) is 10.0. The Balaban J connectivity index is 2.34. The first-order valence-electron chi connectivity index (χ1n) is 6.54. The Morgan fingerprint density at radius 3 is 2.88 bits per heavy atom. The van der Waals surface area contributed by atoms with Gasteiger partial charge < -0.3 is 14.6 Å². The molecule has 1 aromatic rings. The number of aromatic nitrogens is 1. The van der Waals surface area contributed by atoms with Gasteiger partial charge in [-0.05, 0) is 53.3 Å². The van der Waals surface area contributed by atoms with Crippen molar-refractivity contribution in [2.75, 3.05) is 20.6 Å². The number of rotatable bonds is 3. The van der Waals surface area contributed by atoms with Crippen molar-refractivity contribution in [3.63, 3.8) is 0 Å². The van der Waals surface area contributed by atoms with E-state index >= 15 is 0 Å². The SMILES string of the molecule is Cc1cc2c(n1C(C)CN(C)C)CCCC2O. The fourth-order valence-corrected chi connectivity index (χ4v) is 3.13. The zero-order valence-electron chi connectivity index (χ0n) is 11.4. The summed E-state index contributed by atoms with van der Waals surface area (Å²) in [7, 11) is 4.22. The molecule has 2 atom stereocenters. The van der Waals surface area contributed by atoms with Gasteiger partial charge in [-0.3, -0.25) is 0 Å². The van der Waals surface area contributed by atoms with E-state index in [9.17, 15) is 5.11 Å². The lowest BCUT2D eigenvalue weighted by Gasteiger charge is -2.26. The van der Waals surface area contributed by atoms with Gasteiger partial charge in [-0.1, -0.05) is 0 Å². The molecule has 0 saturated heterocycles. The minimum atomic E-state index is -0.245. The summed E-state index contributed by atoms with van der Waals surface area (Å²) in [5.41, 5.74) is 3.81. The van der Waals surface area contributed by atoms with Crippen LogP contribution in [0.1, 0.15) is 48.9 Å². The summed E-state index contributed by atoms with van der Waals surface area (Å²) >= 11 is 0. The Bertz CT molecular complexity index is 395. The minimum absolute atomic E-state index is 0.245. The quantitative estimate of drug-likeness (QED) is 0.872. The molecule has 17 heavy (non-hydrogen) atoms. The van der Waals surface area contributed by atoms with E-state index in [-0.39, 0.29) is 6.10 Å². The molecule has 0 spiro atoms. The Labute approximate surface area is 104 Å². The van der Waals surface area contributed by atoms with Crippen LogP contribution < -0.4 is 0 Å². The summed E-state index contributed by atoms with van der Waals surface area (Å²) < 4.78 is 2.41. The van der Waals surface area contributed by atoms with E-state index in [1.54, 1.807) is 0 Å². The van der Waals surface area contributed by atoms with E-state index in [2.05, 4.69) is 43.5 Å². The zero-order valence-corrected chi connectivity index (χ0v) is 11.4. The molecule has 1 N–H and O–H groups in total. The molecule has 1 aliphatic rings. The number of hydrogen-bond acceptors (Lipinski definition) is 2. The number of nitrogens with zero attached hydrogens (tertiary/aromatic N) is 2. The summed E-state index contributed by atoms with van der Waals surface area (Å²) in [4.78, 5) is 2.22. The number of aliphatic hydroxyl groups is 1. The first kappa shape index (κ1) is 12.7. The molecule has 0 fully saturated rings. The van der Waals surface area contributed by atoms with E-state index in [1.807, 2.05) is 0 Å². The highest BCUT2D eigenvalue weighted by Crippen LogP contribution is 2.33. The van der Waals surface area contributed by atoms with E-state index in [1.165, 1.54) is 17.0 Å². The topological polar surface area (TPSA) is 28.4 Å². The smallest absolute Gasteiger partial charge is 0.0807 e. The van der Waals surface area contributed by atoms with Gasteiger partial charge in [-0.25, -0.2) is 0 Å². The van der Waals surface area contributed by atoms with Crippen molar-refractivity contribution >= 4 is 0 Å². The van der Waals surface area contributed by atoms with Crippen LogP contribution in [0.2, 0.25) is 0 Å². The summed E-state index contributed by atoms with van der Waals surface area (Å²) in [6.07, 6.45) is 2.88. The Kier molecular flexibility index (Phi) is 3.59. The molecule has 1 aliphatic carbocycles. The molecule has 96 valence electrons. The highest BCUT2D eigenvalue weighted by molar-refractivity contribution is 5.32. The van der Waals surface area contributed by atoms with Gasteiger partial charge in [0.2, 0.25) is 0 Å². The maximum atomic E-state index is 10.0. The van der Waals surface area contributed by atoms with Gasteiger partial charge in [-0.15, -0.1) is 0 Å². The van der Waals surface area contributed by atoms with Crippen LogP contribution >= 0.6 is 0 Å². The summed E-state index contributed by atoms with van der Waals surface area (Å²) in [6, 6.07) is 2.64. The first-order chi connectivity index (χ1) is 8.00. The lowest BCUT2D eigenvalue weighted by atomic mass is 9.95. The molecule has 0 aromatic carbocycles. The molecular weight excluding hydrogens is 212 g/mol. The predicted octanol–water partition coefficient (Wildman–Crippen LogP) is 2.29. The number of fused-ring (bicyclic) bond motifs is 1. The standard InChI is InChI=1S/C14H24N2O/c1-10-8-12-13(6-5-7-14(12)17)16(10)11(2)9-15(3)4/h8,11,14,17H,5-7,9H2,1-4H3. The molecule has 0 aliphatic heterocycles. The molecule has 3 heteroatoms. The maximum Gasteiger partial charge on any atom is 0.0807 e. The molecule has 1 aromatic heterocycles. The highest BCUT2D eigenvalue weighted by Gasteiger charge is 2.24. The molecule has 0 radical (unpaired) electrons. The number of aryl methyl sites for hydroxylation is 1. The monoisotopic (exact) mass is 236 g/mol. The molecule has 0 amide bonds. The predicted molar refractivity (Wildman–Crippen MR) is 70.3 cm³/mol. The van der Waals surface area contributed by atoms with Gasteiger partial charge in [0, 0.05) is 29.5 Å². The number of likely N-dealkylation sites (N-methyl/N-ethyl adjacent to an activating group) is 1. The summed E-state index contributed by atoms with van der Waals surface area (Å²) in [5.74, 6) is 0. The largest absolute Gasteiger partial charge is 0.388 e. The Hall–Kier alpha value is -0.800. The van der Waals surface area contributed by atoms with Gasteiger partial charge >= 0.3 is 0 Å². The van der Waals surface area contributed by atoms with Crippen molar-refractivity contribution in [1.29, 1.82) is 0 Å². The van der Waals surface area contributed by atoms with Crippen molar-refractivity contribution in [3.05, 3.63) is 23.0 Å². The second-order valence-electron chi connectivity index (χ2n) is 5.58. The average Bonchev–Trinajstić information content (AvgIpc) is 2.55. The molecule has 1 heterocycles. The Morgan fingerprint density at radius 2 is 2.24 bits per heavy atom. The van der Waals surface area contributed by atoms with Crippen molar-refractivity contribution in [2.24, 2.45) is 0 Å². The van der Waals surface area contributed by atoms with Crippen LogP contribution in [-0.2, 0) is 6.42 Å². The Morgan fingerprint density at radius 1 is 1.53 bits per heavy atom. The van der Waals surface area contributed by atoms with E-state index in [0.717, 1.165) is 25.8 Å². The first-order valence-corrected chi connectivity index (χ1v) is 6.54. The van der Waals surface area contributed by atoms with Crippen LogP contribution in [-0.4, -0.2) is 35.2 Å². The van der Waals surface area contributed by atoms with Crippen LogP contribution in [0, 0.1) is 6.92 Å². The highest BCUT2D eigenvalue weighted by atomic mass is 16.3. The third-order valence-corrected chi connectivity index (χ3v) is 3.69. The van der Waals surface area contributed by atoms with Crippen molar-refractivity contribution in [3.8, 4) is 0 Å². The lowest BCUT2D eigenvalue weighted by molar-refractivity contribution is 0.155. The fraction of sp³-hybridized carbons (Fsp3) is 0.714. The lowest BCUT2D eigenvalue weighted by Crippen LogP contribution is -2.25. The van der Waals surface area contributed by atoms with Gasteiger partial charge in [0.15, 0.2) is 0 Å². The van der Waals surface area contributed by atoms with Crippen LogP contribution in [0.4, 0.5) is 0 Å². The number of hydrogen-bond donors (Lipinski definition) is 1. The molecule has 0 saturated carbocycles. The van der Waals surface area contributed by atoms with Gasteiger partial charge in [0.25, 0.3) is 0 Å². The third-order valence-electron chi connectivity index (χ3n) is 3.69. The molecule has 3 nitrogen and oxygen atoms in total. The normalized spacial score (nSPS) is 21.6. The minimum Gasteiger partial charge on any atom is -0.388 e. The van der Waals surface area contributed by atoms with Crippen LogP contribution in [0.25, 0.3) is 0 Å². The average molecular weight is 236 g/mol. The molecule has 0 bridgehead atoms.